The Bertz CT molecular complexity index is 961. The molecule has 0 bridgehead atoms. The summed E-state index contributed by atoms with van der Waals surface area (Å²) in [6, 6.07) is 13.5. The second kappa shape index (κ2) is 7.90. The third-order valence-electron chi connectivity index (χ3n) is 5.08. The van der Waals surface area contributed by atoms with E-state index in [2.05, 4.69) is 44.2 Å². The van der Waals surface area contributed by atoms with E-state index in [0.29, 0.717) is 11.6 Å². The Balaban J connectivity index is 1.52. The van der Waals surface area contributed by atoms with Crippen molar-refractivity contribution in [2.24, 2.45) is 5.92 Å². The molecule has 0 spiro atoms. The minimum atomic E-state index is -0.135. The highest BCUT2D eigenvalue weighted by molar-refractivity contribution is 5.95. The van der Waals surface area contributed by atoms with Gasteiger partial charge in [0, 0.05) is 37.1 Å². The van der Waals surface area contributed by atoms with Crippen LogP contribution in [0.1, 0.15) is 10.5 Å². The molecule has 4 rings (SSSR count). The molecule has 2 atom stereocenters. The Kier molecular flexibility index (Phi) is 5.16. The van der Waals surface area contributed by atoms with Crippen LogP contribution in [0.4, 0.5) is 5.82 Å². The Morgan fingerprint density at radius 3 is 2.82 bits per heavy atom. The van der Waals surface area contributed by atoms with Gasteiger partial charge in [-0.2, -0.15) is 0 Å². The van der Waals surface area contributed by atoms with Crippen LogP contribution in [-0.4, -0.2) is 65.5 Å². The molecule has 0 saturated carbocycles. The van der Waals surface area contributed by atoms with Gasteiger partial charge in [0.15, 0.2) is 0 Å². The lowest BCUT2D eigenvalue weighted by molar-refractivity contribution is 0.0923. The highest BCUT2D eigenvalue weighted by Gasteiger charge is 2.35. The van der Waals surface area contributed by atoms with Gasteiger partial charge in [0.2, 0.25) is 0 Å². The molecular weight excluding hydrogens is 352 g/mol. The standard InChI is InChI=1S/C21H24N6O/c1-26(2)11-16-12-27(20-9-10-22-14-23-20)13-19(16)25-21(28)18-8-7-15-5-3-4-6-17(15)24-18/h3-10,14,16,19H,11-13H2,1-2H3,(H,25,28)/t16-,19-/m1/s1. The Morgan fingerprint density at radius 1 is 1.18 bits per heavy atom. The van der Waals surface area contributed by atoms with Crippen molar-refractivity contribution in [2.45, 2.75) is 6.04 Å². The number of hydrogen-bond donors (Lipinski definition) is 1. The molecule has 1 amide bonds. The highest BCUT2D eigenvalue weighted by Crippen LogP contribution is 2.23. The molecule has 0 aliphatic carbocycles. The molecule has 7 nitrogen and oxygen atoms in total. The van der Waals surface area contributed by atoms with Gasteiger partial charge in [-0.15, -0.1) is 0 Å². The van der Waals surface area contributed by atoms with Crippen LogP contribution in [-0.2, 0) is 0 Å². The van der Waals surface area contributed by atoms with Crippen molar-refractivity contribution in [1.29, 1.82) is 0 Å². The second-order valence-electron chi connectivity index (χ2n) is 7.46. The average Bonchev–Trinajstić information content (AvgIpc) is 3.10. The normalized spacial score (nSPS) is 19.3. The third-order valence-corrected chi connectivity index (χ3v) is 5.08. The zero-order valence-electron chi connectivity index (χ0n) is 16.1. The number of nitrogens with zero attached hydrogens (tertiary/aromatic N) is 5. The highest BCUT2D eigenvalue weighted by atomic mass is 16.2. The lowest BCUT2D eigenvalue weighted by Gasteiger charge is -2.22. The molecule has 1 aliphatic heterocycles. The van der Waals surface area contributed by atoms with E-state index in [1.165, 1.54) is 0 Å². The van der Waals surface area contributed by atoms with Crippen LogP contribution < -0.4 is 10.2 Å². The molecule has 144 valence electrons. The quantitative estimate of drug-likeness (QED) is 0.732. The van der Waals surface area contributed by atoms with Gasteiger partial charge in [0.05, 0.1) is 11.6 Å². The first-order valence-corrected chi connectivity index (χ1v) is 9.42. The summed E-state index contributed by atoms with van der Waals surface area (Å²) in [6.45, 7) is 2.44. The number of anilines is 1. The molecule has 3 aromatic rings. The van der Waals surface area contributed by atoms with Crippen molar-refractivity contribution in [1.82, 2.24) is 25.2 Å². The molecule has 1 saturated heterocycles. The first kappa shape index (κ1) is 18.3. The van der Waals surface area contributed by atoms with Gasteiger partial charge in [-0.25, -0.2) is 15.0 Å². The number of hydrogen-bond acceptors (Lipinski definition) is 6. The number of pyridine rings is 1. The maximum absolute atomic E-state index is 12.9. The van der Waals surface area contributed by atoms with Crippen LogP contribution in [0.15, 0.2) is 55.0 Å². The number of benzene rings is 1. The van der Waals surface area contributed by atoms with Crippen molar-refractivity contribution >= 4 is 22.6 Å². The van der Waals surface area contributed by atoms with Crippen molar-refractivity contribution in [3.05, 3.63) is 60.7 Å². The lowest BCUT2D eigenvalue weighted by Crippen LogP contribution is -2.43. The maximum Gasteiger partial charge on any atom is 0.270 e. The SMILES string of the molecule is CN(C)C[C@@H]1CN(c2ccncn2)C[C@H]1NC(=O)c1ccc2ccccc2n1. The first-order valence-electron chi connectivity index (χ1n) is 9.42. The van der Waals surface area contributed by atoms with Crippen LogP contribution in [0.3, 0.4) is 0 Å². The molecular formula is C21H24N6O. The largest absolute Gasteiger partial charge is 0.354 e. The Labute approximate surface area is 164 Å². The smallest absolute Gasteiger partial charge is 0.270 e. The van der Waals surface area contributed by atoms with Gasteiger partial charge >= 0.3 is 0 Å². The van der Waals surface area contributed by atoms with Gasteiger partial charge in [0.25, 0.3) is 5.91 Å². The molecule has 1 aromatic carbocycles. The van der Waals surface area contributed by atoms with Gasteiger partial charge in [-0.05, 0) is 32.3 Å². The zero-order chi connectivity index (χ0) is 19.5. The Hall–Kier alpha value is -3.06. The number of rotatable bonds is 5. The monoisotopic (exact) mass is 376 g/mol. The van der Waals surface area contributed by atoms with Crippen molar-refractivity contribution in [3.63, 3.8) is 0 Å². The average molecular weight is 376 g/mol. The number of fused-ring (bicyclic) bond motifs is 1. The van der Waals surface area contributed by atoms with E-state index in [0.717, 1.165) is 36.4 Å². The summed E-state index contributed by atoms with van der Waals surface area (Å²) in [5.74, 6) is 1.05. The topological polar surface area (TPSA) is 74.2 Å². The fourth-order valence-corrected chi connectivity index (χ4v) is 3.78. The summed E-state index contributed by atoms with van der Waals surface area (Å²) in [4.78, 5) is 30.1. The summed E-state index contributed by atoms with van der Waals surface area (Å²) < 4.78 is 0. The van der Waals surface area contributed by atoms with E-state index < -0.39 is 0 Å². The maximum atomic E-state index is 12.9. The van der Waals surface area contributed by atoms with Crippen molar-refractivity contribution in [2.75, 3.05) is 38.6 Å². The van der Waals surface area contributed by atoms with Gasteiger partial charge in [-0.3, -0.25) is 4.79 Å². The number of nitrogens with one attached hydrogen (secondary N) is 1. The van der Waals surface area contributed by atoms with Gasteiger partial charge in [-0.1, -0.05) is 24.3 Å². The predicted molar refractivity (Wildman–Crippen MR) is 109 cm³/mol. The number of carbonyl (C=O) groups excluding carboxylic acids is 1. The summed E-state index contributed by atoms with van der Waals surface area (Å²) in [5, 5.41) is 4.23. The summed E-state index contributed by atoms with van der Waals surface area (Å²) in [6.07, 6.45) is 3.30. The fraction of sp³-hybridized carbons (Fsp3) is 0.333. The molecule has 0 radical (unpaired) electrons. The van der Waals surface area contributed by atoms with Gasteiger partial charge in [0.1, 0.15) is 17.8 Å². The van der Waals surface area contributed by atoms with Crippen molar-refractivity contribution < 1.29 is 4.79 Å². The van der Waals surface area contributed by atoms with E-state index in [-0.39, 0.29) is 11.9 Å². The Morgan fingerprint density at radius 2 is 2.04 bits per heavy atom. The van der Waals surface area contributed by atoms with E-state index in [1.54, 1.807) is 18.6 Å². The summed E-state index contributed by atoms with van der Waals surface area (Å²) in [5.41, 5.74) is 1.27. The predicted octanol–water partition coefficient (Wildman–Crippen LogP) is 1.82. The second-order valence-corrected chi connectivity index (χ2v) is 7.46. The molecule has 28 heavy (non-hydrogen) atoms. The zero-order valence-corrected chi connectivity index (χ0v) is 16.1. The van der Waals surface area contributed by atoms with Crippen LogP contribution in [0.5, 0.6) is 0 Å². The van der Waals surface area contributed by atoms with Crippen molar-refractivity contribution in [3.8, 4) is 0 Å². The molecule has 1 N–H and O–H groups in total. The lowest BCUT2D eigenvalue weighted by atomic mass is 10.0. The van der Waals surface area contributed by atoms with Crippen LogP contribution >= 0.6 is 0 Å². The number of amides is 1. The van der Waals surface area contributed by atoms with Crippen LogP contribution in [0.25, 0.3) is 10.9 Å². The molecule has 0 unspecified atom stereocenters. The molecule has 2 aromatic heterocycles. The molecule has 1 aliphatic rings. The first-order chi connectivity index (χ1) is 13.6. The summed E-state index contributed by atoms with van der Waals surface area (Å²) in [7, 11) is 4.11. The fourth-order valence-electron chi connectivity index (χ4n) is 3.78. The molecule has 7 heteroatoms. The van der Waals surface area contributed by atoms with E-state index in [9.17, 15) is 4.79 Å². The summed E-state index contributed by atoms with van der Waals surface area (Å²) >= 11 is 0. The van der Waals surface area contributed by atoms with E-state index in [1.807, 2.05) is 36.4 Å². The molecule has 1 fully saturated rings. The van der Waals surface area contributed by atoms with Crippen LogP contribution in [0.2, 0.25) is 0 Å². The number of carbonyl (C=O) groups is 1. The minimum Gasteiger partial charge on any atom is -0.354 e. The third kappa shape index (κ3) is 3.94. The number of para-hydroxylation sites is 1. The number of aromatic nitrogens is 3. The van der Waals surface area contributed by atoms with E-state index >= 15 is 0 Å². The molecule has 3 heterocycles. The van der Waals surface area contributed by atoms with E-state index in [4.69, 9.17) is 0 Å². The van der Waals surface area contributed by atoms with Crippen LogP contribution in [0, 0.1) is 5.92 Å². The minimum absolute atomic E-state index is 0.0261. The van der Waals surface area contributed by atoms with Gasteiger partial charge < -0.3 is 15.1 Å².